The van der Waals surface area contributed by atoms with Crippen LogP contribution in [-0.4, -0.2) is 18.7 Å². The van der Waals surface area contributed by atoms with Gasteiger partial charge in [0.05, 0.1) is 6.10 Å². The molecule has 2 N–H and O–H groups in total. The van der Waals surface area contributed by atoms with Crippen molar-refractivity contribution >= 4 is 27.5 Å². The Morgan fingerprint density at radius 1 is 1.57 bits per heavy atom. The van der Waals surface area contributed by atoms with Gasteiger partial charge in [-0.2, -0.15) is 0 Å². The largest absolute Gasteiger partial charge is 0.387 e. The molecule has 0 spiro atoms. The lowest BCUT2D eigenvalue weighted by Crippen LogP contribution is -2.17. The molecule has 0 aliphatic rings. The maximum absolute atomic E-state index is 9.81. The minimum Gasteiger partial charge on any atom is -0.387 e. The lowest BCUT2D eigenvalue weighted by atomic mass is 10.0. The summed E-state index contributed by atoms with van der Waals surface area (Å²) in [5.41, 5.74) is 1.79. The number of aliphatic hydroxyl groups excluding tert-OH is 1. The van der Waals surface area contributed by atoms with Gasteiger partial charge in [0.15, 0.2) is 0 Å². The van der Waals surface area contributed by atoms with E-state index in [0.717, 1.165) is 15.6 Å². The second-order valence-corrected chi connectivity index (χ2v) is 4.50. The molecule has 0 aliphatic carbocycles. The molecule has 0 bridgehead atoms. The predicted octanol–water partition coefficient (Wildman–Crippen LogP) is 2.66. The van der Waals surface area contributed by atoms with Gasteiger partial charge in [0.2, 0.25) is 0 Å². The first kappa shape index (κ1) is 12.0. The number of nitrogens with one attached hydrogen (secondary N) is 1. The third-order valence-electron chi connectivity index (χ3n) is 2.11. The Hall–Kier alpha value is -0.0900. The monoisotopic (exact) mass is 277 g/mol. The van der Waals surface area contributed by atoms with Crippen LogP contribution in [0.1, 0.15) is 17.2 Å². The number of hydrogen-bond donors (Lipinski definition) is 2. The van der Waals surface area contributed by atoms with Crippen molar-refractivity contribution in [1.29, 1.82) is 0 Å². The van der Waals surface area contributed by atoms with E-state index in [-0.39, 0.29) is 0 Å². The second-order valence-electron chi connectivity index (χ2n) is 3.18. The average Bonchev–Trinajstić information content (AvgIpc) is 2.11. The lowest BCUT2D eigenvalue weighted by molar-refractivity contribution is 0.177. The summed E-state index contributed by atoms with van der Waals surface area (Å²) in [7, 11) is 1.80. The van der Waals surface area contributed by atoms with E-state index in [4.69, 9.17) is 11.6 Å². The fourth-order valence-corrected chi connectivity index (χ4v) is 2.15. The van der Waals surface area contributed by atoms with Crippen molar-refractivity contribution in [3.05, 3.63) is 32.8 Å². The summed E-state index contributed by atoms with van der Waals surface area (Å²) < 4.78 is 0.887. The van der Waals surface area contributed by atoms with Crippen LogP contribution in [0.2, 0.25) is 5.02 Å². The van der Waals surface area contributed by atoms with Gasteiger partial charge in [0, 0.05) is 16.0 Å². The molecular formula is C10H13BrClNO. The zero-order valence-electron chi connectivity index (χ0n) is 8.14. The standard InChI is InChI=1S/C10H13BrClNO/c1-6-8(10(14)5-13-2)3-7(11)4-9(6)12/h3-4,10,13-14H,5H2,1-2H3. The smallest absolute Gasteiger partial charge is 0.0917 e. The molecule has 0 saturated carbocycles. The number of halogens is 2. The van der Waals surface area contributed by atoms with Gasteiger partial charge in [-0.15, -0.1) is 0 Å². The topological polar surface area (TPSA) is 32.3 Å². The van der Waals surface area contributed by atoms with Crippen molar-refractivity contribution in [3.8, 4) is 0 Å². The normalized spacial score (nSPS) is 12.9. The molecule has 0 aliphatic heterocycles. The summed E-state index contributed by atoms with van der Waals surface area (Å²) in [5.74, 6) is 0. The SMILES string of the molecule is CNCC(O)c1cc(Br)cc(Cl)c1C. The first-order chi connectivity index (χ1) is 6.56. The molecule has 1 atom stereocenters. The molecular weight excluding hydrogens is 265 g/mol. The molecule has 1 aromatic rings. The van der Waals surface area contributed by atoms with Gasteiger partial charge in [0.1, 0.15) is 0 Å². The highest BCUT2D eigenvalue weighted by Gasteiger charge is 2.12. The van der Waals surface area contributed by atoms with Crippen LogP contribution in [-0.2, 0) is 0 Å². The second kappa shape index (κ2) is 5.12. The Labute approximate surface area is 97.4 Å². The quantitative estimate of drug-likeness (QED) is 0.891. The minimum absolute atomic E-state index is 0.519. The van der Waals surface area contributed by atoms with E-state index in [1.54, 1.807) is 7.05 Å². The number of hydrogen-bond acceptors (Lipinski definition) is 2. The summed E-state index contributed by atoms with van der Waals surface area (Å²) >= 11 is 9.35. The highest BCUT2D eigenvalue weighted by atomic mass is 79.9. The zero-order chi connectivity index (χ0) is 10.7. The molecule has 1 aromatic carbocycles. The molecule has 0 fully saturated rings. The van der Waals surface area contributed by atoms with Crippen LogP contribution in [0.5, 0.6) is 0 Å². The average molecular weight is 279 g/mol. The van der Waals surface area contributed by atoms with Crippen molar-refractivity contribution in [3.63, 3.8) is 0 Å². The zero-order valence-corrected chi connectivity index (χ0v) is 10.5. The van der Waals surface area contributed by atoms with Crippen molar-refractivity contribution < 1.29 is 5.11 Å². The van der Waals surface area contributed by atoms with Gasteiger partial charge in [-0.3, -0.25) is 0 Å². The Balaban J connectivity index is 3.07. The molecule has 0 saturated heterocycles. The third-order valence-corrected chi connectivity index (χ3v) is 2.96. The summed E-state index contributed by atoms with van der Waals surface area (Å²) in [4.78, 5) is 0. The van der Waals surface area contributed by atoms with Crippen molar-refractivity contribution in [1.82, 2.24) is 5.32 Å². The Kier molecular flexibility index (Phi) is 4.38. The van der Waals surface area contributed by atoms with E-state index in [2.05, 4.69) is 21.2 Å². The molecule has 4 heteroatoms. The van der Waals surface area contributed by atoms with Crippen molar-refractivity contribution in [2.75, 3.05) is 13.6 Å². The molecule has 0 heterocycles. The van der Waals surface area contributed by atoms with Crippen LogP contribution in [0.3, 0.4) is 0 Å². The molecule has 1 rings (SSSR count). The molecule has 0 amide bonds. The Bertz CT molecular complexity index is 330. The Morgan fingerprint density at radius 2 is 2.21 bits per heavy atom. The first-order valence-electron chi connectivity index (χ1n) is 4.34. The van der Waals surface area contributed by atoms with Crippen LogP contribution in [0, 0.1) is 6.92 Å². The predicted molar refractivity (Wildman–Crippen MR) is 62.8 cm³/mol. The number of rotatable bonds is 3. The summed E-state index contributed by atoms with van der Waals surface area (Å²) in [6.45, 7) is 2.43. The molecule has 0 aromatic heterocycles. The summed E-state index contributed by atoms with van der Waals surface area (Å²) in [5, 5.41) is 13.4. The summed E-state index contributed by atoms with van der Waals surface area (Å²) in [6, 6.07) is 3.72. The Morgan fingerprint density at radius 3 is 2.79 bits per heavy atom. The maximum Gasteiger partial charge on any atom is 0.0917 e. The van der Waals surface area contributed by atoms with E-state index in [1.807, 2.05) is 19.1 Å². The van der Waals surface area contributed by atoms with Gasteiger partial charge >= 0.3 is 0 Å². The van der Waals surface area contributed by atoms with Gasteiger partial charge < -0.3 is 10.4 Å². The number of likely N-dealkylation sites (N-methyl/N-ethyl adjacent to an activating group) is 1. The van der Waals surface area contributed by atoms with Gasteiger partial charge in [-0.05, 0) is 37.2 Å². The molecule has 78 valence electrons. The highest BCUT2D eigenvalue weighted by molar-refractivity contribution is 9.10. The van der Waals surface area contributed by atoms with Crippen LogP contribution in [0.15, 0.2) is 16.6 Å². The van der Waals surface area contributed by atoms with E-state index in [0.29, 0.717) is 11.6 Å². The van der Waals surface area contributed by atoms with Crippen LogP contribution in [0.4, 0.5) is 0 Å². The molecule has 14 heavy (non-hydrogen) atoms. The number of aliphatic hydroxyl groups is 1. The molecule has 2 nitrogen and oxygen atoms in total. The van der Waals surface area contributed by atoms with Crippen molar-refractivity contribution in [2.45, 2.75) is 13.0 Å². The maximum atomic E-state index is 9.81. The van der Waals surface area contributed by atoms with Gasteiger partial charge in [-0.1, -0.05) is 27.5 Å². The minimum atomic E-state index is -0.519. The van der Waals surface area contributed by atoms with Gasteiger partial charge in [-0.25, -0.2) is 0 Å². The lowest BCUT2D eigenvalue weighted by Gasteiger charge is -2.14. The summed E-state index contributed by atoms with van der Waals surface area (Å²) in [6.07, 6.45) is -0.519. The van der Waals surface area contributed by atoms with Crippen LogP contribution >= 0.6 is 27.5 Å². The van der Waals surface area contributed by atoms with E-state index in [9.17, 15) is 5.11 Å². The first-order valence-corrected chi connectivity index (χ1v) is 5.51. The van der Waals surface area contributed by atoms with Crippen molar-refractivity contribution in [2.24, 2.45) is 0 Å². The number of benzene rings is 1. The fraction of sp³-hybridized carbons (Fsp3) is 0.400. The van der Waals surface area contributed by atoms with E-state index >= 15 is 0 Å². The molecule has 0 radical (unpaired) electrons. The van der Waals surface area contributed by atoms with Crippen LogP contribution in [0.25, 0.3) is 0 Å². The van der Waals surface area contributed by atoms with E-state index < -0.39 is 6.10 Å². The van der Waals surface area contributed by atoms with E-state index in [1.165, 1.54) is 0 Å². The fourth-order valence-electron chi connectivity index (χ4n) is 1.32. The van der Waals surface area contributed by atoms with Gasteiger partial charge in [0.25, 0.3) is 0 Å². The third kappa shape index (κ3) is 2.70. The molecule has 1 unspecified atom stereocenters. The highest BCUT2D eigenvalue weighted by Crippen LogP contribution is 2.28. The van der Waals surface area contributed by atoms with Crippen LogP contribution < -0.4 is 5.32 Å².